The average Bonchev–Trinajstić information content (AvgIpc) is 3.19. The average molecular weight is 483 g/mol. The molecule has 8 heteroatoms. The standard InChI is InChI=1S/C24H20Cl2N4OS/c1-15-4-3-5-20(12-15)30-23(17-7-9-18(25)10-8-17)28-29-24(30)32-14-22(31)27-19-11-6-16(2)21(26)13-19/h3-13H,14H2,1-2H3,(H,27,31). The van der Waals surface area contributed by atoms with Gasteiger partial charge in [0.25, 0.3) is 0 Å². The molecule has 5 nitrogen and oxygen atoms in total. The summed E-state index contributed by atoms with van der Waals surface area (Å²) in [7, 11) is 0. The van der Waals surface area contributed by atoms with Crippen molar-refractivity contribution in [3.63, 3.8) is 0 Å². The van der Waals surface area contributed by atoms with Gasteiger partial charge >= 0.3 is 0 Å². The van der Waals surface area contributed by atoms with Crippen molar-refractivity contribution in [2.24, 2.45) is 0 Å². The molecule has 4 rings (SSSR count). The zero-order chi connectivity index (χ0) is 22.7. The van der Waals surface area contributed by atoms with Crippen molar-refractivity contribution in [3.05, 3.63) is 87.9 Å². The maximum absolute atomic E-state index is 12.6. The van der Waals surface area contributed by atoms with Crippen LogP contribution in [0.3, 0.4) is 0 Å². The molecule has 3 aromatic carbocycles. The second-order valence-electron chi connectivity index (χ2n) is 7.29. The molecule has 0 aliphatic heterocycles. The van der Waals surface area contributed by atoms with Gasteiger partial charge in [0.15, 0.2) is 11.0 Å². The molecule has 1 N–H and O–H groups in total. The van der Waals surface area contributed by atoms with E-state index in [1.807, 2.05) is 73.0 Å². The van der Waals surface area contributed by atoms with Crippen molar-refractivity contribution in [1.82, 2.24) is 14.8 Å². The number of carbonyl (C=O) groups is 1. The van der Waals surface area contributed by atoms with E-state index in [1.165, 1.54) is 11.8 Å². The third kappa shape index (κ3) is 5.15. The molecule has 0 saturated heterocycles. The van der Waals surface area contributed by atoms with Gasteiger partial charge in [-0.1, -0.05) is 53.2 Å². The maximum Gasteiger partial charge on any atom is 0.234 e. The molecule has 1 aromatic heterocycles. The van der Waals surface area contributed by atoms with E-state index in [1.54, 1.807) is 6.07 Å². The highest BCUT2D eigenvalue weighted by Crippen LogP contribution is 2.29. The van der Waals surface area contributed by atoms with Gasteiger partial charge in [0.1, 0.15) is 0 Å². The van der Waals surface area contributed by atoms with E-state index < -0.39 is 0 Å². The second kappa shape index (κ2) is 9.77. The summed E-state index contributed by atoms with van der Waals surface area (Å²) in [5.74, 6) is 0.707. The number of rotatable bonds is 6. The van der Waals surface area contributed by atoms with Crippen molar-refractivity contribution in [3.8, 4) is 17.1 Å². The molecule has 0 aliphatic carbocycles. The molecule has 1 heterocycles. The molecule has 0 saturated carbocycles. The minimum atomic E-state index is -0.151. The van der Waals surface area contributed by atoms with Crippen LogP contribution in [0.5, 0.6) is 0 Å². The van der Waals surface area contributed by atoms with Crippen LogP contribution >= 0.6 is 35.0 Å². The Morgan fingerprint density at radius 2 is 1.78 bits per heavy atom. The van der Waals surface area contributed by atoms with Crippen LogP contribution in [0, 0.1) is 13.8 Å². The number of hydrogen-bond acceptors (Lipinski definition) is 4. The lowest BCUT2D eigenvalue weighted by molar-refractivity contribution is -0.113. The van der Waals surface area contributed by atoms with E-state index in [0.717, 1.165) is 22.4 Å². The summed E-state index contributed by atoms with van der Waals surface area (Å²) in [6, 6.07) is 21.0. The maximum atomic E-state index is 12.6. The Bertz CT molecular complexity index is 1270. The number of aryl methyl sites for hydroxylation is 2. The third-order valence-corrected chi connectivity index (χ3v) is 6.37. The summed E-state index contributed by atoms with van der Waals surface area (Å²) < 4.78 is 1.96. The van der Waals surface area contributed by atoms with Gasteiger partial charge in [0.05, 0.1) is 5.75 Å². The summed E-state index contributed by atoms with van der Waals surface area (Å²) in [4.78, 5) is 12.6. The minimum absolute atomic E-state index is 0.151. The molecule has 1 amide bonds. The van der Waals surface area contributed by atoms with Crippen LogP contribution in [0.4, 0.5) is 5.69 Å². The van der Waals surface area contributed by atoms with E-state index >= 15 is 0 Å². The Morgan fingerprint density at radius 3 is 2.50 bits per heavy atom. The number of carbonyl (C=O) groups excluding carboxylic acids is 1. The van der Waals surface area contributed by atoms with Gasteiger partial charge in [-0.15, -0.1) is 10.2 Å². The molecule has 0 aliphatic rings. The summed E-state index contributed by atoms with van der Waals surface area (Å²) in [5.41, 5.74) is 4.54. The van der Waals surface area contributed by atoms with Crippen molar-refractivity contribution < 1.29 is 4.79 Å². The fraction of sp³-hybridized carbons (Fsp3) is 0.125. The fourth-order valence-corrected chi connectivity index (χ4v) is 4.21. The number of nitrogens with zero attached hydrogens (tertiary/aromatic N) is 3. The Labute approximate surface area is 200 Å². The first-order valence-corrected chi connectivity index (χ1v) is 11.6. The molecule has 4 aromatic rings. The Morgan fingerprint density at radius 1 is 1.00 bits per heavy atom. The van der Waals surface area contributed by atoms with Crippen molar-refractivity contribution >= 4 is 46.6 Å². The number of nitrogens with one attached hydrogen (secondary N) is 1. The number of amides is 1. The Hall–Kier alpha value is -2.80. The zero-order valence-electron chi connectivity index (χ0n) is 17.5. The molecule has 0 radical (unpaired) electrons. The van der Waals surface area contributed by atoms with Crippen LogP contribution in [-0.2, 0) is 4.79 Å². The first-order chi connectivity index (χ1) is 15.4. The number of hydrogen-bond donors (Lipinski definition) is 1. The molecule has 0 fully saturated rings. The van der Waals surface area contributed by atoms with Crippen LogP contribution in [0.15, 0.2) is 71.9 Å². The van der Waals surface area contributed by atoms with Gasteiger partial charge in [0.2, 0.25) is 5.91 Å². The van der Waals surface area contributed by atoms with E-state index in [9.17, 15) is 4.79 Å². The molecule has 0 unspecified atom stereocenters. The molecule has 32 heavy (non-hydrogen) atoms. The molecule has 0 bridgehead atoms. The molecule has 0 atom stereocenters. The van der Waals surface area contributed by atoms with Gasteiger partial charge in [-0.2, -0.15) is 0 Å². The van der Waals surface area contributed by atoms with Gasteiger partial charge in [-0.25, -0.2) is 0 Å². The largest absolute Gasteiger partial charge is 0.325 e. The Balaban J connectivity index is 1.60. The van der Waals surface area contributed by atoms with Crippen LogP contribution < -0.4 is 5.32 Å². The van der Waals surface area contributed by atoms with Crippen molar-refractivity contribution in [1.29, 1.82) is 0 Å². The van der Waals surface area contributed by atoms with Crippen molar-refractivity contribution in [2.75, 3.05) is 11.1 Å². The van der Waals surface area contributed by atoms with Gasteiger partial charge < -0.3 is 5.32 Å². The quantitative estimate of drug-likeness (QED) is 0.315. The van der Waals surface area contributed by atoms with Crippen LogP contribution in [-0.4, -0.2) is 26.4 Å². The topological polar surface area (TPSA) is 59.8 Å². The minimum Gasteiger partial charge on any atom is -0.325 e. The van der Waals surface area contributed by atoms with Crippen LogP contribution in [0.2, 0.25) is 10.0 Å². The Kier molecular flexibility index (Phi) is 6.84. The van der Waals surface area contributed by atoms with Gasteiger partial charge in [0, 0.05) is 27.0 Å². The number of benzene rings is 3. The predicted octanol–water partition coefficient (Wildman–Crippen LogP) is 6.59. The predicted molar refractivity (Wildman–Crippen MR) is 132 cm³/mol. The lowest BCUT2D eigenvalue weighted by Crippen LogP contribution is -2.14. The molecular formula is C24H20Cl2N4OS. The smallest absolute Gasteiger partial charge is 0.234 e. The molecule has 0 spiro atoms. The van der Waals surface area contributed by atoms with E-state index in [0.29, 0.717) is 26.7 Å². The molecule has 162 valence electrons. The SMILES string of the molecule is Cc1cccc(-n2c(SCC(=O)Nc3ccc(C)c(Cl)c3)nnc2-c2ccc(Cl)cc2)c1. The summed E-state index contributed by atoms with van der Waals surface area (Å²) >= 11 is 13.5. The summed E-state index contributed by atoms with van der Waals surface area (Å²) in [6.45, 7) is 3.95. The highest BCUT2D eigenvalue weighted by molar-refractivity contribution is 7.99. The van der Waals surface area contributed by atoms with Crippen molar-refractivity contribution in [2.45, 2.75) is 19.0 Å². The van der Waals surface area contributed by atoms with Gasteiger partial charge in [-0.3, -0.25) is 9.36 Å². The normalized spacial score (nSPS) is 10.9. The first-order valence-electron chi connectivity index (χ1n) is 9.88. The van der Waals surface area contributed by atoms with Gasteiger partial charge in [-0.05, 0) is 73.5 Å². The summed E-state index contributed by atoms with van der Waals surface area (Å²) in [5, 5.41) is 13.5. The van der Waals surface area contributed by atoms with E-state index in [2.05, 4.69) is 21.6 Å². The zero-order valence-corrected chi connectivity index (χ0v) is 19.8. The highest BCUT2D eigenvalue weighted by Gasteiger charge is 2.17. The number of halogens is 2. The lowest BCUT2D eigenvalue weighted by atomic mass is 10.2. The number of aromatic nitrogens is 3. The number of thioether (sulfide) groups is 1. The van der Waals surface area contributed by atoms with E-state index in [-0.39, 0.29) is 11.7 Å². The van der Waals surface area contributed by atoms with Crippen LogP contribution in [0.1, 0.15) is 11.1 Å². The molecular weight excluding hydrogens is 463 g/mol. The lowest BCUT2D eigenvalue weighted by Gasteiger charge is -2.11. The number of anilines is 1. The first kappa shape index (κ1) is 22.4. The summed E-state index contributed by atoms with van der Waals surface area (Å²) in [6.07, 6.45) is 0. The highest BCUT2D eigenvalue weighted by atomic mass is 35.5. The van der Waals surface area contributed by atoms with E-state index in [4.69, 9.17) is 23.2 Å². The fourth-order valence-electron chi connectivity index (χ4n) is 3.15. The second-order valence-corrected chi connectivity index (χ2v) is 9.07. The third-order valence-electron chi connectivity index (χ3n) is 4.78. The van der Waals surface area contributed by atoms with Crippen LogP contribution in [0.25, 0.3) is 17.1 Å². The monoisotopic (exact) mass is 482 g/mol.